The summed E-state index contributed by atoms with van der Waals surface area (Å²) in [5.41, 5.74) is 0. The summed E-state index contributed by atoms with van der Waals surface area (Å²) in [5.74, 6) is 0.269. The van der Waals surface area contributed by atoms with Crippen LogP contribution in [0.2, 0.25) is 0 Å². The second kappa shape index (κ2) is 8.54. The van der Waals surface area contributed by atoms with Crippen molar-refractivity contribution in [3.8, 4) is 0 Å². The van der Waals surface area contributed by atoms with E-state index in [0.29, 0.717) is 31.7 Å². The number of hydrogen-bond donors (Lipinski definition) is 1. The first-order valence-electron chi connectivity index (χ1n) is 9.51. The lowest BCUT2D eigenvalue weighted by Crippen LogP contribution is -2.52. The molecule has 0 spiro atoms. The summed E-state index contributed by atoms with van der Waals surface area (Å²) in [6, 6.07) is 3.66. The van der Waals surface area contributed by atoms with Crippen molar-refractivity contribution < 1.29 is 17.6 Å². The maximum absolute atomic E-state index is 13.0. The Labute approximate surface area is 155 Å². The van der Waals surface area contributed by atoms with Crippen molar-refractivity contribution in [1.82, 2.24) is 13.9 Å². The molecule has 0 aromatic carbocycles. The molecule has 1 aromatic rings. The normalized spacial score (nSPS) is 23.2. The zero-order chi connectivity index (χ0) is 18.6. The Hall–Kier alpha value is -1.38. The number of carbonyl (C=O) groups excluding carboxylic acids is 1. The molecule has 1 saturated carbocycles. The van der Waals surface area contributed by atoms with Gasteiger partial charge in [-0.25, -0.2) is 0 Å². The van der Waals surface area contributed by atoms with Crippen LogP contribution in [0.1, 0.15) is 50.7 Å². The second-order valence-corrected chi connectivity index (χ2v) is 9.30. The molecule has 1 atom stereocenters. The highest BCUT2D eigenvalue weighted by molar-refractivity contribution is 7.86. The van der Waals surface area contributed by atoms with Crippen molar-refractivity contribution in [1.29, 1.82) is 0 Å². The summed E-state index contributed by atoms with van der Waals surface area (Å²) in [4.78, 5) is 12.4. The molecule has 1 aliphatic carbocycles. The molecule has 146 valence electrons. The Morgan fingerprint density at radius 2 is 2.04 bits per heavy atom. The van der Waals surface area contributed by atoms with E-state index in [9.17, 15) is 13.2 Å². The van der Waals surface area contributed by atoms with Crippen LogP contribution in [0, 0.1) is 5.92 Å². The third-order valence-electron chi connectivity index (χ3n) is 5.55. The molecule has 0 radical (unpaired) electrons. The van der Waals surface area contributed by atoms with Crippen molar-refractivity contribution in [3.05, 3.63) is 24.2 Å². The third-order valence-corrected chi connectivity index (χ3v) is 7.56. The summed E-state index contributed by atoms with van der Waals surface area (Å²) in [6.07, 6.45) is 8.20. The topological polar surface area (TPSA) is 82.9 Å². The van der Waals surface area contributed by atoms with E-state index in [2.05, 4.69) is 5.32 Å². The van der Waals surface area contributed by atoms with Crippen LogP contribution in [0.15, 0.2) is 22.8 Å². The summed E-state index contributed by atoms with van der Waals surface area (Å²) in [6.45, 7) is 1.07. The summed E-state index contributed by atoms with van der Waals surface area (Å²) >= 11 is 0. The molecule has 7 nitrogen and oxygen atoms in total. The molecule has 2 aliphatic rings. The number of rotatable bonds is 6. The van der Waals surface area contributed by atoms with Crippen LogP contribution < -0.4 is 5.32 Å². The van der Waals surface area contributed by atoms with E-state index in [1.54, 1.807) is 25.4 Å². The molecule has 3 rings (SSSR count). The smallest absolute Gasteiger partial charge is 0.281 e. The minimum absolute atomic E-state index is 0.0851. The van der Waals surface area contributed by atoms with Gasteiger partial charge in [-0.05, 0) is 37.8 Å². The van der Waals surface area contributed by atoms with Crippen LogP contribution in [0.5, 0.6) is 0 Å². The highest BCUT2D eigenvalue weighted by Crippen LogP contribution is 2.27. The summed E-state index contributed by atoms with van der Waals surface area (Å²) < 4.78 is 34.2. The number of hydrogen-bond acceptors (Lipinski definition) is 4. The molecule has 1 unspecified atom stereocenters. The Bertz CT molecular complexity index is 683. The fourth-order valence-electron chi connectivity index (χ4n) is 3.91. The Morgan fingerprint density at radius 1 is 1.27 bits per heavy atom. The van der Waals surface area contributed by atoms with Gasteiger partial charge in [0.15, 0.2) is 0 Å². The Balaban J connectivity index is 1.58. The van der Waals surface area contributed by atoms with Gasteiger partial charge in [-0.1, -0.05) is 19.3 Å². The SMILES string of the molecule is CN(C1CCCCC1)S(=O)(=O)N1CCCC(C(=O)NCc2ccco2)C1. The second-order valence-electron chi connectivity index (χ2n) is 7.31. The largest absolute Gasteiger partial charge is 0.467 e. The van der Waals surface area contributed by atoms with Crippen molar-refractivity contribution in [2.24, 2.45) is 5.92 Å². The summed E-state index contributed by atoms with van der Waals surface area (Å²) in [5, 5.41) is 2.85. The predicted molar refractivity (Wildman–Crippen MR) is 98.4 cm³/mol. The van der Waals surface area contributed by atoms with E-state index in [1.165, 1.54) is 15.0 Å². The molecular formula is C18H29N3O4S. The van der Waals surface area contributed by atoms with Gasteiger partial charge in [0.25, 0.3) is 10.2 Å². The maximum Gasteiger partial charge on any atom is 0.281 e. The van der Waals surface area contributed by atoms with Crippen LogP contribution in [0.4, 0.5) is 0 Å². The van der Waals surface area contributed by atoms with Gasteiger partial charge < -0.3 is 9.73 Å². The fourth-order valence-corrected chi connectivity index (χ4v) is 5.59. The van der Waals surface area contributed by atoms with Crippen LogP contribution in [0.25, 0.3) is 0 Å². The molecule has 0 bridgehead atoms. The van der Waals surface area contributed by atoms with E-state index in [1.807, 2.05) is 0 Å². The monoisotopic (exact) mass is 383 g/mol. The average Bonchev–Trinajstić information content (AvgIpc) is 3.20. The third kappa shape index (κ3) is 4.47. The first kappa shape index (κ1) is 19.4. The maximum atomic E-state index is 13.0. The standard InChI is InChI=1S/C18H29N3O4S/c1-20(16-8-3-2-4-9-16)26(23,24)21-11-5-7-15(14-21)18(22)19-13-17-10-6-12-25-17/h6,10,12,15-16H,2-5,7-9,11,13-14H2,1H3,(H,19,22). The zero-order valence-corrected chi connectivity index (χ0v) is 16.2. The highest BCUT2D eigenvalue weighted by atomic mass is 32.2. The van der Waals surface area contributed by atoms with Crippen LogP contribution in [-0.4, -0.2) is 49.1 Å². The number of carbonyl (C=O) groups is 1. The van der Waals surface area contributed by atoms with E-state index < -0.39 is 10.2 Å². The number of furan rings is 1. The van der Waals surface area contributed by atoms with Crippen LogP contribution in [0.3, 0.4) is 0 Å². The first-order valence-corrected chi connectivity index (χ1v) is 10.9. The number of nitrogens with zero attached hydrogens (tertiary/aromatic N) is 2. The molecule has 1 saturated heterocycles. The lowest BCUT2D eigenvalue weighted by atomic mass is 9.96. The molecule has 1 aliphatic heterocycles. The van der Waals surface area contributed by atoms with Crippen LogP contribution >= 0.6 is 0 Å². The predicted octanol–water partition coefficient (Wildman–Crippen LogP) is 2.12. The molecule has 2 fully saturated rings. The molecule has 1 N–H and O–H groups in total. The van der Waals surface area contributed by atoms with Gasteiger partial charge >= 0.3 is 0 Å². The Kier molecular flexibility index (Phi) is 6.37. The summed E-state index contributed by atoms with van der Waals surface area (Å²) in [7, 11) is -1.83. The Morgan fingerprint density at radius 3 is 2.73 bits per heavy atom. The molecule has 26 heavy (non-hydrogen) atoms. The van der Waals surface area contributed by atoms with Crippen LogP contribution in [-0.2, 0) is 21.5 Å². The molecule has 1 amide bonds. The van der Waals surface area contributed by atoms with E-state index in [0.717, 1.165) is 25.7 Å². The van der Waals surface area contributed by atoms with E-state index in [-0.39, 0.29) is 24.4 Å². The zero-order valence-electron chi connectivity index (χ0n) is 15.4. The van der Waals surface area contributed by atoms with Crippen molar-refractivity contribution in [2.75, 3.05) is 20.1 Å². The van der Waals surface area contributed by atoms with Gasteiger partial charge in [0.2, 0.25) is 5.91 Å². The van der Waals surface area contributed by atoms with Gasteiger partial charge in [0.1, 0.15) is 5.76 Å². The molecular weight excluding hydrogens is 354 g/mol. The highest BCUT2D eigenvalue weighted by Gasteiger charge is 2.37. The fraction of sp³-hybridized carbons (Fsp3) is 0.722. The van der Waals surface area contributed by atoms with Crippen molar-refractivity contribution >= 4 is 16.1 Å². The van der Waals surface area contributed by atoms with Crippen molar-refractivity contribution in [2.45, 2.75) is 57.5 Å². The molecule has 1 aromatic heterocycles. The molecule has 2 heterocycles. The average molecular weight is 384 g/mol. The van der Waals surface area contributed by atoms with Gasteiger partial charge in [0, 0.05) is 26.2 Å². The number of piperidine rings is 1. The van der Waals surface area contributed by atoms with E-state index in [4.69, 9.17) is 4.42 Å². The number of nitrogens with one attached hydrogen (secondary N) is 1. The lowest BCUT2D eigenvalue weighted by Gasteiger charge is -2.37. The number of amides is 1. The van der Waals surface area contributed by atoms with Crippen molar-refractivity contribution in [3.63, 3.8) is 0 Å². The van der Waals surface area contributed by atoms with Gasteiger partial charge in [0.05, 0.1) is 18.7 Å². The lowest BCUT2D eigenvalue weighted by molar-refractivity contribution is -0.126. The molecule has 8 heteroatoms. The van der Waals surface area contributed by atoms with Gasteiger partial charge in [-0.15, -0.1) is 0 Å². The minimum Gasteiger partial charge on any atom is -0.467 e. The van der Waals surface area contributed by atoms with Gasteiger partial charge in [-0.2, -0.15) is 17.0 Å². The first-order chi connectivity index (χ1) is 12.5. The van der Waals surface area contributed by atoms with Gasteiger partial charge in [-0.3, -0.25) is 4.79 Å². The minimum atomic E-state index is -3.52. The quantitative estimate of drug-likeness (QED) is 0.816. The van der Waals surface area contributed by atoms with E-state index >= 15 is 0 Å².